The molecule has 1 heterocycles. The van der Waals surface area contributed by atoms with Gasteiger partial charge in [-0.15, -0.1) is 0 Å². The quantitative estimate of drug-likeness (QED) is 0.550. The molecular weight excluding hydrogens is 171 g/mol. The van der Waals surface area contributed by atoms with Crippen LogP contribution in [0.5, 0.6) is 0 Å². The van der Waals surface area contributed by atoms with Gasteiger partial charge in [0.25, 0.3) is 0 Å². The molecule has 0 N–H and O–H groups in total. The first-order valence-electron chi connectivity index (χ1n) is 4.77. The molecule has 0 radical (unpaired) electrons. The van der Waals surface area contributed by atoms with Crippen molar-refractivity contribution >= 4 is 12.7 Å². The van der Waals surface area contributed by atoms with Crippen LogP contribution in [0.15, 0.2) is 48.3 Å². The van der Waals surface area contributed by atoms with Crippen molar-refractivity contribution in [2.45, 2.75) is 6.42 Å². The Bertz CT molecular complexity index is 552. The van der Waals surface area contributed by atoms with E-state index in [2.05, 4.69) is 24.3 Å². The van der Waals surface area contributed by atoms with Crippen LogP contribution in [-0.4, -0.2) is 7.12 Å². The SMILES string of the molecule is B1=c2ccccc2=C2CC=CC=C2O1. The van der Waals surface area contributed by atoms with Crippen molar-refractivity contribution in [3.8, 4) is 0 Å². The molecule has 0 saturated heterocycles. The van der Waals surface area contributed by atoms with E-state index in [4.69, 9.17) is 4.65 Å². The molecule has 1 aromatic carbocycles. The van der Waals surface area contributed by atoms with Crippen LogP contribution in [0.3, 0.4) is 0 Å². The van der Waals surface area contributed by atoms with E-state index >= 15 is 0 Å². The van der Waals surface area contributed by atoms with Crippen LogP contribution < -0.4 is 5.22 Å². The zero-order chi connectivity index (χ0) is 9.38. The fourth-order valence-electron chi connectivity index (χ4n) is 1.90. The average molecular weight is 180 g/mol. The Morgan fingerprint density at radius 1 is 1.21 bits per heavy atom. The van der Waals surface area contributed by atoms with Crippen molar-refractivity contribution in [2.24, 2.45) is 0 Å². The molecule has 66 valence electrons. The van der Waals surface area contributed by atoms with Gasteiger partial charge in [0.2, 0.25) is 0 Å². The molecule has 14 heavy (non-hydrogen) atoms. The van der Waals surface area contributed by atoms with Gasteiger partial charge in [-0.05, 0) is 0 Å². The topological polar surface area (TPSA) is 9.23 Å². The molecule has 1 nitrogen and oxygen atoms in total. The van der Waals surface area contributed by atoms with Crippen LogP contribution in [0, 0.1) is 5.11 Å². The van der Waals surface area contributed by atoms with Gasteiger partial charge in [-0.25, -0.2) is 0 Å². The Balaban J connectivity index is 2.41. The molecule has 0 aromatic heterocycles. The summed E-state index contributed by atoms with van der Waals surface area (Å²) in [4.78, 5) is 0. The van der Waals surface area contributed by atoms with E-state index in [1.165, 1.54) is 15.9 Å². The van der Waals surface area contributed by atoms with Gasteiger partial charge in [0.1, 0.15) is 0 Å². The maximum atomic E-state index is 5.56. The summed E-state index contributed by atoms with van der Waals surface area (Å²) in [7, 11) is 1.82. The molecule has 0 fully saturated rings. The van der Waals surface area contributed by atoms with Crippen molar-refractivity contribution in [3.63, 3.8) is 0 Å². The molecule has 2 aliphatic rings. The first-order valence-corrected chi connectivity index (χ1v) is 4.77. The molecule has 3 rings (SSSR count). The third-order valence-electron chi connectivity index (χ3n) is 2.60. The molecule has 0 amide bonds. The summed E-state index contributed by atoms with van der Waals surface area (Å²) in [5.41, 5.74) is 1.30. The summed E-state index contributed by atoms with van der Waals surface area (Å²) in [6.07, 6.45) is 7.19. The predicted molar refractivity (Wildman–Crippen MR) is 57.0 cm³/mol. The normalized spacial score (nSPS) is 16.9. The fourth-order valence-corrected chi connectivity index (χ4v) is 1.90. The zero-order valence-electron chi connectivity index (χ0n) is 7.73. The van der Waals surface area contributed by atoms with Gasteiger partial charge in [-0.3, -0.25) is 0 Å². The summed E-state index contributed by atoms with van der Waals surface area (Å²) in [5.74, 6) is 0.992. The van der Waals surface area contributed by atoms with Gasteiger partial charge in [-0.2, -0.15) is 0 Å². The molecule has 0 saturated carbocycles. The van der Waals surface area contributed by atoms with Crippen molar-refractivity contribution < 1.29 is 4.65 Å². The minimum atomic E-state index is 0.969. The van der Waals surface area contributed by atoms with Gasteiger partial charge in [0.15, 0.2) is 0 Å². The number of hydrogen-bond acceptors (Lipinski definition) is 1. The van der Waals surface area contributed by atoms with E-state index in [1.807, 2.05) is 25.3 Å². The van der Waals surface area contributed by atoms with Crippen LogP contribution >= 0.6 is 0 Å². The van der Waals surface area contributed by atoms with Gasteiger partial charge in [0.05, 0.1) is 0 Å². The third-order valence-corrected chi connectivity index (χ3v) is 2.60. The van der Waals surface area contributed by atoms with E-state index < -0.39 is 0 Å². The van der Waals surface area contributed by atoms with E-state index in [0.29, 0.717) is 0 Å². The van der Waals surface area contributed by atoms with E-state index in [0.717, 1.165) is 12.2 Å². The monoisotopic (exact) mass is 180 g/mol. The molecule has 0 bridgehead atoms. The van der Waals surface area contributed by atoms with Gasteiger partial charge in [0, 0.05) is 0 Å². The van der Waals surface area contributed by atoms with Crippen LogP contribution in [0.25, 0.3) is 5.57 Å². The molecule has 0 spiro atoms. The molecule has 1 aliphatic carbocycles. The molecule has 0 atom stereocenters. The van der Waals surface area contributed by atoms with Gasteiger partial charge >= 0.3 is 82.4 Å². The first kappa shape index (κ1) is 7.80. The summed E-state index contributed by atoms with van der Waals surface area (Å²) in [6, 6.07) is 8.34. The van der Waals surface area contributed by atoms with Crippen molar-refractivity contribution in [3.05, 3.63) is 58.6 Å². The first-order chi connectivity index (χ1) is 6.95. The maximum absolute atomic E-state index is 5.56. The number of rotatable bonds is 0. The Kier molecular flexibility index (Phi) is 1.66. The number of hydrogen-bond donors (Lipinski definition) is 0. The van der Waals surface area contributed by atoms with Crippen LogP contribution in [0.1, 0.15) is 6.42 Å². The number of allylic oxidation sites excluding steroid dienone is 4. The Labute approximate surface area is 83.0 Å². The third kappa shape index (κ3) is 1.07. The summed E-state index contributed by atoms with van der Waals surface area (Å²) >= 11 is 0. The second-order valence-electron chi connectivity index (χ2n) is 3.46. The Morgan fingerprint density at radius 2 is 2.14 bits per heavy atom. The molecule has 1 aromatic rings. The van der Waals surface area contributed by atoms with E-state index in [1.54, 1.807) is 0 Å². The van der Waals surface area contributed by atoms with Crippen LogP contribution in [-0.2, 0) is 4.65 Å². The second kappa shape index (κ2) is 2.98. The summed E-state index contributed by atoms with van der Waals surface area (Å²) in [5, 5.41) is 2.48. The second-order valence-corrected chi connectivity index (χ2v) is 3.46. The zero-order valence-corrected chi connectivity index (χ0v) is 7.73. The molecule has 2 heteroatoms. The predicted octanol–water partition coefficient (Wildman–Crippen LogP) is 1.58. The fraction of sp³-hybridized carbons (Fsp3) is 0.0833. The standard InChI is InChI=1S/C12H9BO/c1-3-7-11-9(5-1)10-6-2-4-8-12(10)14-13-11/h1-5,7-8H,6H2. The van der Waals surface area contributed by atoms with Crippen molar-refractivity contribution in [1.82, 2.24) is 0 Å². The Morgan fingerprint density at radius 3 is 3.14 bits per heavy atom. The number of fused-ring (bicyclic) bond motifs is 2. The summed E-state index contributed by atoms with van der Waals surface area (Å²) in [6.45, 7) is 0. The van der Waals surface area contributed by atoms with Crippen LogP contribution in [0.2, 0.25) is 0 Å². The van der Waals surface area contributed by atoms with E-state index in [-0.39, 0.29) is 0 Å². The molecule has 1 aliphatic heterocycles. The summed E-state index contributed by atoms with van der Waals surface area (Å²) < 4.78 is 5.56. The Hall–Kier alpha value is -1.57. The van der Waals surface area contributed by atoms with Crippen molar-refractivity contribution in [1.29, 1.82) is 0 Å². The van der Waals surface area contributed by atoms with Gasteiger partial charge < -0.3 is 0 Å². The minimum absolute atomic E-state index is 0.969. The van der Waals surface area contributed by atoms with E-state index in [9.17, 15) is 0 Å². The average Bonchev–Trinajstić information content (AvgIpc) is 2.29. The molecule has 0 unspecified atom stereocenters. The number of benzene rings is 1. The van der Waals surface area contributed by atoms with Gasteiger partial charge in [-0.1, -0.05) is 0 Å². The van der Waals surface area contributed by atoms with Crippen LogP contribution in [0.4, 0.5) is 0 Å². The van der Waals surface area contributed by atoms with Crippen molar-refractivity contribution in [2.75, 3.05) is 0 Å². The molecular formula is C12H9BO.